The molecule has 0 N–H and O–H groups in total. The van der Waals surface area contributed by atoms with Crippen LogP contribution in [-0.2, 0) is 16.0 Å². The number of carbonyl (C=O) groups is 1. The molecule has 3 nitrogen and oxygen atoms in total. The first-order valence-electron chi connectivity index (χ1n) is 3.51. The number of esters is 1. The van der Waals surface area contributed by atoms with E-state index in [-0.39, 0.29) is 11.6 Å². The number of ether oxygens (including phenoxy) is 1. The summed E-state index contributed by atoms with van der Waals surface area (Å²) in [6.07, 6.45) is 1.52. The number of nitrogens with zero attached hydrogens (tertiary/aromatic N) is 1. The molecule has 0 amide bonds. The van der Waals surface area contributed by atoms with E-state index in [1.165, 1.54) is 13.3 Å². The number of hydrogen-bond acceptors (Lipinski definition) is 3. The topological polar surface area (TPSA) is 39.2 Å². The lowest BCUT2D eigenvalue weighted by molar-refractivity contribution is -0.139. The molecule has 0 atom stereocenters. The second kappa shape index (κ2) is 4.44. The van der Waals surface area contributed by atoms with Crippen LogP contribution in [0.3, 0.4) is 0 Å². The summed E-state index contributed by atoms with van der Waals surface area (Å²) < 4.78 is 4.48. The van der Waals surface area contributed by atoms with Gasteiger partial charge < -0.3 is 4.74 Å². The Hall–Kier alpha value is -0.800. The fourth-order valence-corrected chi connectivity index (χ4v) is 1.31. The molecule has 0 spiro atoms. The summed E-state index contributed by atoms with van der Waals surface area (Å²) in [6, 6.07) is 1.58. The van der Waals surface area contributed by atoms with Gasteiger partial charge in [-0.1, -0.05) is 23.2 Å². The van der Waals surface area contributed by atoms with E-state index >= 15 is 0 Å². The van der Waals surface area contributed by atoms with Crippen molar-refractivity contribution in [3.8, 4) is 0 Å². The van der Waals surface area contributed by atoms with E-state index in [4.69, 9.17) is 23.2 Å². The molecule has 0 aromatic carbocycles. The van der Waals surface area contributed by atoms with Crippen LogP contribution in [0.15, 0.2) is 12.3 Å². The molecule has 0 aliphatic heterocycles. The zero-order valence-corrected chi connectivity index (χ0v) is 8.39. The lowest BCUT2D eigenvalue weighted by atomic mass is 10.2. The van der Waals surface area contributed by atoms with Crippen molar-refractivity contribution in [1.29, 1.82) is 0 Å². The van der Waals surface area contributed by atoms with Crippen LogP contribution in [0.25, 0.3) is 0 Å². The minimum atomic E-state index is -0.392. The number of rotatable bonds is 2. The summed E-state index contributed by atoms with van der Waals surface area (Å²) >= 11 is 11.5. The van der Waals surface area contributed by atoms with Crippen molar-refractivity contribution in [1.82, 2.24) is 4.98 Å². The van der Waals surface area contributed by atoms with Crippen molar-refractivity contribution in [3.05, 3.63) is 28.0 Å². The van der Waals surface area contributed by atoms with Crippen molar-refractivity contribution >= 4 is 29.2 Å². The summed E-state index contributed by atoms with van der Waals surface area (Å²) in [4.78, 5) is 14.7. The average Bonchev–Trinajstić information content (AvgIpc) is 2.11. The molecule has 1 rings (SSSR count). The highest BCUT2D eigenvalue weighted by molar-refractivity contribution is 6.35. The van der Waals surface area contributed by atoms with Gasteiger partial charge in [-0.3, -0.25) is 4.79 Å². The van der Waals surface area contributed by atoms with E-state index in [1.54, 1.807) is 6.07 Å². The van der Waals surface area contributed by atoms with Gasteiger partial charge in [-0.25, -0.2) is 4.98 Å². The van der Waals surface area contributed by atoms with Crippen LogP contribution in [0, 0.1) is 0 Å². The smallest absolute Gasteiger partial charge is 0.310 e. The van der Waals surface area contributed by atoms with Gasteiger partial charge in [0.15, 0.2) is 0 Å². The first-order chi connectivity index (χ1) is 6.15. The third-order valence-corrected chi connectivity index (χ3v) is 2.17. The van der Waals surface area contributed by atoms with Gasteiger partial charge in [0, 0.05) is 16.8 Å². The first kappa shape index (κ1) is 10.3. The van der Waals surface area contributed by atoms with Crippen LogP contribution in [-0.4, -0.2) is 18.1 Å². The number of hydrogen-bond donors (Lipinski definition) is 0. The van der Waals surface area contributed by atoms with E-state index < -0.39 is 5.97 Å². The highest BCUT2D eigenvalue weighted by atomic mass is 35.5. The Labute approximate surface area is 85.6 Å². The molecule has 70 valence electrons. The monoisotopic (exact) mass is 219 g/mol. The maximum absolute atomic E-state index is 10.9. The van der Waals surface area contributed by atoms with Crippen molar-refractivity contribution in [3.63, 3.8) is 0 Å². The maximum Gasteiger partial charge on any atom is 0.310 e. The van der Waals surface area contributed by atoms with E-state index in [2.05, 4.69) is 9.72 Å². The van der Waals surface area contributed by atoms with Crippen LogP contribution in [0.2, 0.25) is 10.2 Å². The predicted octanol–water partition coefficient (Wildman–Crippen LogP) is 2.10. The van der Waals surface area contributed by atoms with Gasteiger partial charge >= 0.3 is 5.97 Å². The summed E-state index contributed by atoms with van der Waals surface area (Å²) in [5.41, 5.74) is 0.498. The van der Waals surface area contributed by atoms with Crippen LogP contribution >= 0.6 is 23.2 Å². The molecule has 0 radical (unpaired) electrons. The summed E-state index contributed by atoms with van der Waals surface area (Å²) in [5.74, 6) is -0.392. The number of halogens is 2. The molecule has 0 unspecified atom stereocenters. The van der Waals surface area contributed by atoms with E-state index in [9.17, 15) is 4.79 Å². The molecule has 13 heavy (non-hydrogen) atoms. The normalized spacial score (nSPS) is 9.77. The van der Waals surface area contributed by atoms with Crippen molar-refractivity contribution in [2.24, 2.45) is 0 Å². The molecule has 1 heterocycles. The van der Waals surface area contributed by atoms with Gasteiger partial charge in [-0.05, 0) is 6.07 Å². The van der Waals surface area contributed by atoms with Gasteiger partial charge in [0.25, 0.3) is 0 Å². The van der Waals surface area contributed by atoms with Crippen LogP contribution in [0.4, 0.5) is 0 Å². The van der Waals surface area contributed by atoms with Gasteiger partial charge in [0.1, 0.15) is 5.15 Å². The Morgan fingerprint density at radius 3 is 2.85 bits per heavy atom. The Bertz CT molecular complexity index is 308. The van der Waals surface area contributed by atoms with Gasteiger partial charge in [0.05, 0.1) is 13.5 Å². The zero-order valence-electron chi connectivity index (χ0n) is 6.88. The highest BCUT2D eigenvalue weighted by Gasteiger charge is 2.11. The second-order valence-electron chi connectivity index (χ2n) is 2.32. The lowest BCUT2D eigenvalue weighted by Gasteiger charge is -2.03. The Morgan fingerprint density at radius 2 is 2.31 bits per heavy atom. The zero-order chi connectivity index (χ0) is 9.84. The van der Waals surface area contributed by atoms with Crippen LogP contribution in [0.1, 0.15) is 5.56 Å². The van der Waals surface area contributed by atoms with Crippen molar-refractivity contribution in [2.45, 2.75) is 6.42 Å². The summed E-state index contributed by atoms with van der Waals surface area (Å²) in [6.45, 7) is 0. The number of carbonyl (C=O) groups excluding carboxylic acids is 1. The molecule has 0 saturated carbocycles. The molecule has 0 aliphatic rings. The van der Waals surface area contributed by atoms with Crippen LogP contribution in [0.5, 0.6) is 0 Å². The summed E-state index contributed by atoms with van der Waals surface area (Å²) in [7, 11) is 1.31. The fourth-order valence-electron chi connectivity index (χ4n) is 0.819. The second-order valence-corrected chi connectivity index (χ2v) is 3.08. The molecule has 0 saturated heterocycles. The number of aromatic nitrogens is 1. The van der Waals surface area contributed by atoms with Gasteiger partial charge in [-0.2, -0.15) is 0 Å². The molecule has 1 aromatic heterocycles. The van der Waals surface area contributed by atoms with Crippen molar-refractivity contribution in [2.75, 3.05) is 7.11 Å². The lowest BCUT2D eigenvalue weighted by Crippen LogP contribution is -2.05. The molecule has 0 bridgehead atoms. The van der Waals surface area contributed by atoms with E-state index in [0.29, 0.717) is 10.6 Å². The SMILES string of the molecule is COC(=O)Cc1c(Cl)ccnc1Cl. The van der Waals surface area contributed by atoms with E-state index in [0.717, 1.165) is 0 Å². The van der Waals surface area contributed by atoms with Gasteiger partial charge in [-0.15, -0.1) is 0 Å². The molecular formula is C8H7Cl2NO2. The molecule has 0 fully saturated rings. The van der Waals surface area contributed by atoms with Crippen LogP contribution < -0.4 is 0 Å². The number of pyridine rings is 1. The maximum atomic E-state index is 10.9. The quantitative estimate of drug-likeness (QED) is 0.565. The molecular weight excluding hydrogens is 213 g/mol. The average molecular weight is 220 g/mol. The summed E-state index contributed by atoms with van der Waals surface area (Å²) in [5, 5.41) is 0.656. The third-order valence-electron chi connectivity index (χ3n) is 1.49. The largest absolute Gasteiger partial charge is 0.469 e. The molecule has 5 heteroatoms. The Kier molecular flexibility index (Phi) is 3.51. The molecule has 1 aromatic rings. The third kappa shape index (κ3) is 2.57. The minimum Gasteiger partial charge on any atom is -0.469 e. The molecule has 0 aliphatic carbocycles. The first-order valence-corrected chi connectivity index (χ1v) is 4.26. The fraction of sp³-hybridized carbons (Fsp3) is 0.250. The van der Waals surface area contributed by atoms with Gasteiger partial charge in [0.2, 0.25) is 0 Å². The Morgan fingerprint density at radius 1 is 1.62 bits per heavy atom. The Balaban J connectivity index is 2.93. The van der Waals surface area contributed by atoms with Crippen molar-refractivity contribution < 1.29 is 9.53 Å². The predicted molar refractivity (Wildman–Crippen MR) is 50.0 cm³/mol. The highest BCUT2D eigenvalue weighted by Crippen LogP contribution is 2.22. The standard InChI is InChI=1S/C8H7Cl2NO2/c1-13-7(12)4-5-6(9)2-3-11-8(5)10/h2-3H,4H2,1H3. The van der Waals surface area contributed by atoms with E-state index in [1.807, 2.05) is 0 Å². The minimum absolute atomic E-state index is 0.0437. The number of methoxy groups -OCH3 is 1.